The summed E-state index contributed by atoms with van der Waals surface area (Å²) in [4.78, 5) is 14.1. The van der Waals surface area contributed by atoms with E-state index in [0.717, 1.165) is 31.5 Å². The lowest BCUT2D eigenvalue weighted by atomic mass is 10.1. The largest absolute Gasteiger partial charge is 0.354 e. The van der Waals surface area contributed by atoms with Gasteiger partial charge >= 0.3 is 0 Å². The number of epoxide rings is 1. The summed E-state index contributed by atoms with van der Waals surface area (Å²) in [5.41, 5.74) is 1.11. The fourth-order valence-corrected chi connectivity index (χ4v) is 2.49. The smallest absolute Gasteiger partial charge is 0.254 e. The molecule has 0 spiro atoms. The summed E-state index contributed by atoms with van der Waals surface area (Å²) in [6.45, 7) is 1.81. The Morgan fingerprint density at radius 3 is 2.53 bits per heavy atom. The van der Waals surface area contributed by atoms with E-state index in [2.05, 4.69) is 0 Å². The standard InChI is InChI=1S/C14H17NO2/c16-14(15-9-5-2-6-10-15)13-12(17-13)11-7-3-1-4-8-11/h1,3-4,7-8,12-13H,2,5-6,9-10H2/t12-,13+/m0/s1. The third-order valence-corrected chi connectivity index (χ3v) is 3.53. The Kier molecular flexibility index (Phi) is 2.85. The van der Waals surface area contributed by atoms with Crippen molar-refractivity contribution in [2.45, 2.75) is 31.5 Å². The molecule has 1 aromatic carbocycles. The zero-order valence-corrected chi connectivity index (χ0v) is 9.84. The summed E-state index contributed by atoms with van der Waals surface area (Å²) in [7, 11) is 0. The van der Waals surface area contributed by atoms with Gasteiger partial charge in [-0.05, 0) is 24.8 Å². The first-order chi connectivity index (χ1) is 8.36. The molecule has 0 bridgehead atoms. The third kappa shape index (κ3) is 2.20. The van der Waals surface area contributed by atoms with E-state index in [9.17, 15) is 4.79 Å². The van der Waals surface area contributed by atoms with Crippen molar-refractivity contribution in [2.24, 2.45) is 0 Å². The number of hydrogen-bond acceptors (Lipinski definition) is 2. The zero-order valence-electron chi connectivity index (χ0n) is 9.84. The maximum atomic E-state index is 12.1. The molecule has 0 saturated carbocycles. The van der Waals surface area contributed by atoms with Crippen LogP contribution in [0.4, 0.5) is 0 Å². The van der Waals surface area contributed by atoms with Gasteiger partial charge in [0.2, 0.25) is 0 Å². The molecule has 2 aliphatic rings. The lowest BCUT2D eigenvalue weighted by Gasteiger charge is -2.26. The molecule has 90 valence electrons. The number of rotatable bonds is 2. The van der Waals surface area contributed by atoms with Gasteiger partial charge in [-0.25, -0.2) is 0 Å². The normalized spacial score (nSPS) is 27.9. The van der Waals surface area contributed by atoms with Gasteiger partial charge in [0.1, 0.15) is 6.10 Å². The second kappa shape index (κ2) is 4.49. The summed E-state index contributed by atoms with van der Waals surface area (Å²) in [5, 5.41) is 0. The first-order valence-electron chi connectivity index (χ1n) is 6.35. The van der Waals surface area contributed by atoms with Crippen molar-refractivity contribution in [2.75, 3.05) is 13.1 Å². The lowest BCUT2D eigenvalue weighted by Crippen LogP contribution is -2.38. The summed E-state index contributed by atoms with van der Waals surface area (Å²) in [6, 6.07) is 9.99. The van der Waals surface area contributed by atoms with Crippen LogP contribution in [0.3, 0.4) is 0 Å². The first-order valence-corrected chi connectivity index (χ1v) is 6.35. The molecule has 3 rings (SSSR count). The number of piperidine rings is 1. The topological polar surface area (TPSA) is 32.8 Å². The van der Waals surface area contributed by atoms with E-state index in [0.29, 0.717) is 0 Å². The van der Waals surface area contributed by atoms with Crippen molar-refractivity contribution in [1.29, 1.82) is 0 Å². The molecule has 0 N–H and O–H groups in total. The van der Waals surface area contributed by atoms with E-state index in [1.54, 1.807) is 0 Å². The predicted octanol–water partition coefficient (Wildman–Crippen LogP) is 2.14. The minimum Gasteiger partial charge on any atom is -0.354 e. The van der Waals surface area contributed by atoms with Crippen LogP contribution in [0.15, 0.2) is 30.3 Å². The van der Waals surface area contributed by atoms with Crippen molar-refractivity contribution < 1.29 is 9.53 Å². The third-order valence-electron chi connectivity index (χ3n) is 3.53. The van der Waals surface area contributed by atoms with Crippen LogP contribution >= 0.6 is 0 Å². The maximum absolute atomic E-state index is 12.1. The Hall–Kier alpha value is -1.35. The highest BCUT2D eigenvalue weighted by Crippen LogP contribution is 2.39. The van der Waals surface area contributed by atoms with Crippen LogP contribution in [0.1, 0.15) is 30.9 Å². The average Bonchev–Trinajstić information content (AvgIpc) is 3.20. The number of carbonyl (C=O) groups excluding carboxylic acids is 1. The number of likely N-dealkylation sites (tertiary alicyclic amines) is 1. The SMILES string of the molecule is O=C([C@@H]1O[C@H]1c1ccccc1)N1CCCCC1. The Morgan fingerprint density at radius 1 is 1.12 bits per heavy atom. The molecule has 0 radical (unpaired) electrons. The molecule has 2 atom stereocenters. The van der Waals surface area contributed by atoms with E-state index in [4.69, 9.17) is 4.74 Å². The second-order valence-electron chi connectivity index (χ2n) is 4.77. The minimum absolute atomic E-state index is 0.00868. The van der Waals surface area contributed by atoms with E-state index in [1.165, 1.54) is 6.42 Å². The molecule has 17 heavy (non-hydrogen) atoms. The molecule has 3 nitrogen and oxygen atoms in total. The molecular weight excluding hydrogens is 214 g/mol. The molecule has 2 saturated heterocycles. The molecule has 0 aromatic heterocycles. The van der Waals surface area contributed by atoms with Gasteiger partial charge in [0.25, 0.3) is 5.91 Å². The molecule has 0 unspecified atom stereocenters. The van der Waals surface area contributed by atoms with Gasteiger partial charge in [-0.3, -0.25) is 4.79 Å². The Bertz CT molecular complexity index is 398. The van der Waals surface area contributed by atoms with E-state index in [1.807, 2.05) is 35.2 Å². The van der Waals surface area contributed by atoms with Crippen LogP contribution in [0.25, 0.3) is 0 Å². The quantitative estimate of drug-likeness (QED) is 0.730. The highest BCUT2D eigenvalue weighted by molar-refractivity contribution is 5.84. The van der Waals surface area contributed by atoms with Crippen LogP contribution in [0, 0.1) is 0 Å². The fourth-order valence-electron chi connectivity index (χ4n) is 2.49. The summed E-state index contributed by atoms with van der Waals surface area (Å²) >= 11 is 0. The lowest BCUT2D eigenvalue weighted by molar-refractivity contribution is -0.133. The van der Waals surface area contributed by atoms with E-state index < -0.39 is 0 Å². The number of benzene rings is 1. The van der Waals surface area contributed by atoms with Crippen LogP contribution in [0.2, 0.25) is 0 Å². The number of carbonyl (C=O) groups is 1. The van der Waals surface area contributed by atoms with Crippen molar-refractivity contribution in [1.82, 2.24) is 4.90 Å². The van der Waals surface area contributed by atoms with Gasteiger partial charge in [-0.1, -0.05) is 30.3 Å². The van der Waals surface area contributed by atoms with Crippen LogP contribution in [0.5, 0.6) is 0 Å². The molecule has 2 heterocycles. The molecule has 2 aliphatic heterocycles. The zero-order chi connectivity index (χ0) is 11.7. The van der Waals surface area contributed by atoms with Gasteiger partial charge in [0, 0.05) is 13.1 Å². The summed E-state index contributed by atoms with van der Waals surface area (Å²) in [5.74, 6) is 0.179. The number of nitrogens with zero attached hydrogens (tertiary/aromatic N) is 1. The van der Waals surface area contributed by atoms with Crippen molar-refractivity contribution >= 4 is 5.91 Å². The maximum Gasteiger partial charge on any atom is 0.254 e. The molecule has 1 amide bonds. The van der Waals surface area contributed by atoms with Crippen molar-refractivity contribution in [3.63, 3.8) is 0 Å². The number of ether oxygens (including phenoxy) is 1. The number of hydrogen-bond donors (Lipinski definition) is 0. The Morgan fingerprint density at radius 2 is 1.82 bits per heavy atom. The molecule has 3 heteroatoms. The van der Waals surface area contributed by atoms with Crippen molar-refractivity contribution in [3.05, 3.63) is 35.9 Å². The van der Waals surface area contributed by atoms with Crippen LogP contribution in [-0.2, 0) is 9.53 Å². The highest BCUT2D eigenvalue weighted by atomic mass is 16.6. The Labute approximate surface area is 101 Å². The van der Waals surface area contributed by atoms with Gasteiger partial charge in [0.15, 0.2) is 6.10 Å². The fraction of sp³-hybridized carbons (Fsp3) is 0.500. The van der Waals surface area contributed by atoms with E-state index in [-0.39, 0.29) is 18.1 Å². The average molecular weight is 231 g/mol. The summed E-state index contributed by atoms with van der Waals surface area (Å²) in [6.07, 6.45) is 3.28. The molecule has 2 fully saturated rings. The predicted molar refractivity (Wildman–Crippen MR) is 64.5 cm³/mol. The van der Waals surface area contributed by atoms with Crippen LogP contribution < -0.4 is 0 Å². The summed E-state index contributed by atoms with van der Waals surface area (Å²) < 4.78 is 5.53. The van der Waals surface area contributed by atoms with Gasteiger partial charge < -0.3 is 9.64 Å². The number of amides is 1. The first kappa shape index (κ1) is 10.8. The molecular formula is C14H17NO2. The van der Waals surface area contributed by atoms with Gasteiger partial charge in [0.05, 0.1) is 0 Å². The second-order valence-corrected chi connectivity index (χ2v) is 4.77. The van der Waals surface area contributed by atoms with Crippen molar-refractivity contribution in [3.8, 4) is 0 Å². The van der Waals surface area contributed by atoms with Crippen LogP contribution in [-0.4, -0.2) is 30.0 Å². The molecule has 0 aliphatic carbocycles. The van der Waals surface area contributed by atoms with Gasteiger partial charge in [-0.15, -0.1) is 0 Å². The Balaban J connectivity index is 1.62. The minimum atomic E-state index is -0.226. The monoisotopic (exact) mass is 231 g/mol. The van der Waals surface area contributed by atoms with E-state index >= 15 is 0 Å². The molecule has 1 aromatic rings. The highest BCUT2D eigenvalue weighted by Gasteiger charge is 2.47. The van der Waals surface area contributed by atoms with Gasteiger partial charge in [-0.2, -0.15) is 0 Å².